The van der Waals surface area contributed by atoms with Crippen molar-refractivity contribution in [3.63, 3.8) is 0 Å². The zero-order valence-electron chi connectivity index (χ0n) is 10.7. The third kappa shape index (κ3) is 2.52. The quantitative estimate of drug-likeness (QED) is 0.909. The molecule has 1 N–H and O–H groups in total. The third-order valence-corrected chi connectivity index (χ3v) is 4.00. The van der Waals surface area contributed by atoms with Gasteiger partial charge in [0.1, 0.15) is 11.9 Å². The maximum atomic E-state index is 9.16. The summed E-state index contributed by atoms with van der Waals surface area (Å²) in [6.07, 6.45) is 1.73. The first-order valence-electron chi connectivity index (χ1n) is 5.80. The summed E-state index contributed by atoms with van der Waals surface area (Å²) in [5, 5.41) is 12.5. The predicted molar refractivity (Wildman–Crippen MR) is 74.8 cm³/mol. The Morgan fingerprint density at radius 3 is 2.72 bits per heavy atom. The predicted octanol–water partition coefficient (Wildman–Crippen LogP) is 3.80. The highest BCUT2D eigenvalue weighted by molar-refractivity contribution is 7.12. The first-order valence-corrected chi connectivity index (χ1v) is 6.62. The van der Waals surface area contributed by atoms with Crippen LogP contribution in [0, 0.1) is 25.2 Å². The van der Waals surface area contributed by atoms with Crippen molar-refractivity contribution in [1.29, 1.82) is 5.26 Å². The molecule has 0 fully saturated rings. The summed E-state index contributed by atoms with van der Waals surface area (Å²) in [6, 6.07) is 8.43. The van der Waals surface area contributed by atoms with E-state index in [4.69, 9.17) is 5.26 Å². The Hall–Kier alpha value is -1.86. The topological polar surface area (TPSA) is 48.7 Å². The lowest BCUT2D eigenvalue weighted by Gasteiger charge is -2.14. The molecule has 0 radical (unpaired) electrons. The largest absolute Gasteiger partial charge is 0.362 e. The molecule has 92 valence electrons. The van der Waals surface area contributed by atoms with Gasteiger partial charge in [-0.05, 0) is 44.5 Å². The molecule has 18 heavy (non-hydrogen) atoms. The van der Waals surface area contributed by atoms with Crippen LogP contribution in [-0.2, 0) is 0 Å². The van der Waals surface area contributed by atoms with Gasteiger partial charge in [-0.15, -0.1) is 11.3 Å². The molecule has 2 aromatic rings. The van der Waals surface area contributed by atoms with E-state index in [0.29, 0.717) is 11.4 Å². The van der Waals surface area contributed by atoms with E-state index in [0.717, 1.165) is 5.56 Å². The van der Waals surface area contributed by atoms with Gasteiger partial charge in [0.15, 0.2) is 0 Å². The Bertz CT molecular complexity index is 595. The van der Waals surface area contributed by atoms with Gasteiger partial charge in [0.05, 0.1) is 11.6 Å². The fourth-order valence-electron chi connectivity index (χ4n) is 1.77. The maximum absolute atomic E-state index is 9.16. The fraction of sp³-hybridized carbons (Fsp3) is 0.286. The summed E-state index contributed by atoms with van der Waals surface area (Å²) in [7, 11) is 0. The van der Waals surface area contributed by atoms with Crippen LogP contribution in [0.2, 0.25) is 0 Å². The molecule has 2 heterocycles. The summed E-state index contributed by atoms with van der Waals surface area (Å²) in [6.45, 7) is 6.09. The number of hydrogen-bond acceptors (Lipinski definition) is 4. The molecule has 0 saturated carbocycles. The van der Waals surface area contributed by atoms with Gasteiger partial charge in [0.25, 0.3) is 0 Å². The molecule has 1 unspecified atom stereocenters. The highest BCUT2D eigenvalue weighted by atomic mass is 32.1. The average molecular weight is 257 g/mol. The number of pyridine rings is 1. The Morgan fingerprint density at radius 1 is 1.33 bits per heavy atom. The number of aryl methyl sites for hydroxylation is 2. The standard InChI is InChI=1S/C14H15N3S/c1-9-6-7-16-14(12(9)8-15)17-11(3)13-5-4-10(2)18-13/h4-7,11H,1-3H3,(H,16,17). The molecule has 0 aliphatic rings. The van der Waals surface area contributed by atoms with Crippen LogP contribution < -0.4 is 5.32 Å². The second-order valence-electron chi connectivity index (χ2n) is 4.28. The van der Waals surface area contributed by atoms with E-state index in [9.17, 15) is 0 Å². The minimum absolute atomic E-state index is 0.157. The van der Waals surface area contributed by atoms with Crippen molar-refractivity contribution in [3.8, 4) is 6.07 Å². The lowest BCUT2D eigenvalue weighted by Crippen LogP contribution is -2.08. The van der Waals surface area contributed by atoms with Gasteiger partial charge in [-0.1, -0.05) is 0 Å². The number of thiophene rings is 1. The molecule has 1 atom stereocenters. The molecule has 0 aromatic carbocycles. The molecule has 4 heteroatoms. The highest BCUT2D eigenvalue weighted by Crippen LogP contribution is 2.26. The third-order valence-electron chi connectivity index (χ3n) is 2.81. The van der Waals surface area contributed by atoms with E-state index in [1.807, 2.05) is 13.0 Å². The van der Waals surface area contributed by atoms with Crippen LogP contribution >= 0.6 is 11.3 Å². The molecule has 0 aliphatic carbocycles. The molecule has 2 rings (SSSR count). The van der Waals surface area contributed by atoms with Gasteiger partial charge in [0, 0.05) is 16.0 Å². The summed E-state index contributed by atoms with van der Waals surface area (Å²) in [5.41, 5.74) is 1.57. The number of rotatable bonds is 3. The molecule has 0 bridgehead atoms. The minimum atomic E-state index is 0.157. The number of nitriles is 1. The van der Waals surface area contributed by atoms with Crippen molar-refractivity contribution < 1.29 is 0 Å². The van der Waals surface area contributed by atoms with Crippen LogP contribution in [-0.4, -0.2) is 4.98 Å². The van der Waals surface area contributed by atoms with Gasteiger partial charge in [-0.2, -0.15) is 5.26 Å². The lowest BCUT2D eigenvalue weighted by molar-refractivity contribution is 0.894. The molecule has 0 saturated heterocycles. The van der Waals surface area contributed by atoms with Gasteiger partial charge in [-0.25, -0.2) is 4.98 Å². The van der Waals surface area contributed by atoms with Crippen molar-refractivity contribution in [2.24, 2.45) is 0 Å². The van der Waals surface area contributed by atoms with Crippen LogP contribution in [0.25, 0.3) is 0 Å². The van der Waals surface area contributed by atoms with Crippen molar-refractivity contribution >= 4 is 17.2 Å². The van der Waals surface area contributed by atoms with E-state index in [-0.39, 0.29) is 6.04 Å². The Balaban J connectivity index is 2.25. The van der Waals surface area contributed by atoms with Crippen LogP contribution in [0.15, 0.2) is 24.4 Å². The fourth-order valence-corrected chi connectivity index (χ4v) is 2.65. The van der Waals surface area contributed by atoms with Gasteiger partial charge in [0.2, 0.25) is 0 Å². The molecule has 0 aliphatic heterocycles. The van der Waals surface area contributed by atoms with Crippen LogP contribution in [0.3, 0.4) is 0 Å². The van der Waals surface area contributed by atoms with Gasteiger partial charge < -0.3 is 5.32 Å². The minimum Gasteiger partial charge on any atom is -0.362 e. The maximum Gasteiger partial charge on any atom is 0.144 e. The van der Waals surface area contributed by atoms with Crippen molar-refractivity contribution in [3.05, 3.63) is 45.3 Å². The SMILES string of the molecule is Cc1ccc(C(C)Nc2nccc(C)c2C#N)s1. The van der Waals surface area contributed by atoms with E-state index in [1.165, 1.54) is 9.75 Å². The molecular weight excluding hydrogens is 242 g/mol. The second kappa shape index (κ2) is 5.19. The molecule has 2 aromatic heterocycles. The first-order chi connectivity index (χ1) is 8.61. The number of anilines is 1. The molecule has 0 spiro atoms. The molecule has 3 nitrogen and oxygen atoms in total. The lowest BCUT2D eigenvalue weighted by atomic mass is 10.1. The molecular formula is C14H15N3S. The number of nitrogens with one attached hydrogen (secondary N) is 1. The average Bonchev–Trinajstić information content (AvgIpc) is 2.76. The number of hydrogen-bond donors (Lipinski definition) is 1. The summed E-state index contributed by atoms with van der Waals surface area (Å²) >= 11 is 1.76. The van der Waals surface area contributed by atoms with Crippen molar-refractivity contribution in [1.82, 2.24) is 4.98 Å². The number of nitrogens with zero attached hydrogens (tertiary/aromatic N) is 2. The Kier molecular flexibility index (Phi) is 3.63. The number of aromatic nitrogens is 1. The van der Waals surface area contributed by atoms with Gasteiger partial charge in [-0.3, -0.25) is 0 Å². The Labute approximate surface area is 111 Å². The van der Waals surface area contributed by atoms with Crippen molar-refractivity contribution in [2.75, 3.05) is 5.32 Å². The summed E-state index contributed by atoms with van der Waals surface area (Å²) in [5.74, 6) is 0.663. The first kappa shape index (κ1) is 12.6. The zero-order valence-corrected chi connectivity index (χ0v) is 11.5. The summed E-state index contributed by atoms with van der Waals surface area (Å²) < 4.78 is 0. The zero-order chi connectivity index (χ0) is 13.1. The monoisotopic (exact) mass is 257 g/mol. The van der Waals surface area contributed by atoms with Gasteiger partial charge >= 0.3 is 0 Å². The Morgan fingerprint density at radius 2 is 2.11 bits per heavy atom. The highest BCUT2D eigenvalue weighted by Gasteiger charge is 2.12. The van der Waals surface area contributed by atoms with E-state index < -0.39 is 0 Å². The second-order valence-corrected chi connectivity index (χ2v) is 5.60. The van der Waals surface area contributed by atoms with E-state index in [1.54, 1.807) is 17.5 Å². The van der Waals surface area contributed by atoms with Crippen LogP contribution in [0.5, 0.6) is 0 Å². The smallest absolute Gasteiger partial charge is 0.144 e. The van der Waals surface area contributed by atoms with Crippen LogP contribution in [0.4, 0.5) is 5.82 Å². The van der Waals surface area contributed by atoms with E-state index in [2.05, 4.69) is 42.4 Å². The normalized spacial score (nSPS) is 11.9. The van der Waals surface area contributed by atoms with E-state index >= 15 is 0 Å². The van der Waals surface area contributed by atoms with Crippen molar-refractivity contribution in [2.45, 2.75) is 26.8 Å². The molecule has 0 amide bonds. The summed E-state index contributed by atoms with van der Waals surface area (Å²) in [4.78, 5) is 6.79. The van der Waals surface area contributed by atoms with Crippen LogP contribution in [0.1, 0.15) is 33.8 Å².